The summed E-state index contributed by atoms with van der Waals surface area (Å²) in [5.41, 5.74) is 3.24. The number of aliphatic hydroxyl groups excluding tert-OH is 1. The van der Waals surface area contributed by atoms with Crippen molar-refractivity contribution in [2.45, 2.75) is 97.0 Å². The molecular weight excluding hydrogens is 372 g/mol. The van der Waals surface area contributed by atoms with Gasteiger partial charge in [0, 0.05) is 0 Å². The topological polar surface area (TPSA) is 47.9 Å². The molecule has 6 heteroatoms. The van der Waals surface area contributed by atoms with Gasteiger partial charge in [-0.2, -0.15) is 0 Å². The molecule has 1 N–H and O–H groups in total. The molecule has 1 aliphatic heterocycles. The van der Waals surface area contributed by atoms with Crippen molar-refractivity contribution >= 4 is 16.4 Å². The number of hydrogen-bond acceptors (Lipinski definition) is 4. The maximum atomic E-state index is 10.6. The smallest absolute Gasteiger partial charge is 0.192 e. The van der Waals surface area contributed by atoms with Crippen LogP contribution in [0.5, 0.6) is 0 Å². The molecule has 0 amide bonds. The molecule has 27 heavy (non-hydrogen) atoms. The summed E-state index contributed by atoms with van der Waals surface area (Å²) in [7, 11) is -3.38. The molecule has 0 saturated carbocycles. The van der Waals surface area contributed by atoms with Gasteiger partial charge in [-0.05, 0) is 32.0 Å². The summed E-state index contributed by atoms with van der Waals surface area (Å²) in [6.45, 7) is 22.1. The van der Waals surface area contributed by atoms with E-state index in [0.717, 1.165) is 0 Å². The highest BCUT2D eigenvalue weighted by Crippen LogP contribution is 2.37. The van der Waals surface area contributed by atoms with E-state index in [1.807, 2.05) is 26.0 Å². The zero-order valence-electron chi connectivity index (χ0n) is 18.9. The van der Waals surface area contributed by atoms with Gasteiger partial charge in [0.05, 0.1) is 18.6 Å². The van der Waals surface area contributed by atoms with Gasteiger partial charge in [-0.25, -0.2) is 0 Å². The molecular formula is C21H40O4Si2. The lowest BCUT2D eigenvalue weighted by atomic mass is 9.98. The predicted molar refractivity (Wildman–Crippen MR) is 118 cm³/mol. The largest absolute Gasteiger partial charge is 0.414 e. The van der Waals surface area contributed by atoms with Crippen molar-refractivity contribution in [2.75, 3.05) is 6.61 Å². The fourth-order valence-electron chi connectivity index (χ4n) is 2.28. The van der Waals surface area contributed by atoms with E-state index in [-0.39, 0.29) is 23.2 Å². The molecule has 0 bridgehead atoms. The Kier molecular flexibility index (Phi) is 8.55. The Balaban J connectivity index is 2.87. The second-order valence-corrected chi connectivity index (χ2v) is 19.8. The number of aliphatic hydroxyl groups is 1. The summed E-state index contributed by atoms with van der Waals surface area (Å²) < 4.78 is 18.4. The van der Waals surface area contributed by atoms with Crippen LogP contribution < -0.4 is 0 Å². The van der Waals surface area contributed by atoms with Crippen LogP contribution in [0.2, 0.25) is 37.8 Å². The van der Waals surface area contributed by atoms with Gasteiger partial charge in [-0.1, -0.05) is 58.5 Å². The minimum atomic E-state index is -1.84. The van der Waals surface area contributed by atoms with Crippen molar-refractivity contribution in [3.8, 4) is 11.5 Å². The molecule has 0 aromatic carbocycles. The van der Waals surface area contributed by atoms with Gasteiger partial charge >= 0.3 is 0 Å². The van der Waals surface area contributed by atoms with Crippen molar-refractivity contribution in [3.05, 3.63) is 12.2 Å². The monoisotopic (exact) mass is 412 g/mol. The van der Waals surface area contributed by atoms with Crippen molar-refractivity contribution in [3.63, 3.8) is 0 Å². The summed E-state index contributed by atoms with van der Waals surface area (Å²) in [5.74, 6) is 2.73. The lowest BCUT2D eigenvalue weighted by Gasteiger charge is -2.39. The van der Waals surface area contributed by atoms with E-state index in [9.17, 15) is 5.11 Å². The molecule has 156 valence electrons. The lowest BCUT2D eigenvalue weighted by Crippen LogP contribution is -2.46. The van der Waals surface area contributed by atoms with E-state index in [4.69, 9.17) is 13.9 Å². The zero-order chi connectivity index (χ0) is 21.0. The van der Waals surface area contributed by atoms with E-state index in [1.54, 1.807) is 0 Å². The highest BCUT2D eigenvalue weighted by molar-refractivity contribution is 6.83. The van der Waals surface area contributed by atoms with Gasteiger partial charge in [0.2, 0.25) is 0 Å². The minimum absolute atomic E-state index is 0.00288. The van der Waals surface area contributed by atoms with Gasteiger partial charge in [0.15, 0.2) is 14.6 Å². The first-order valence-corrected chi connectivity index (χ1v) is 16.4. The molecule has 1 rings (SSSR count). The summed E-state index contributed by atoms with van der Waals surface area (Å²) in [4.78, 5) is 0. The zero-order valence-corrected chi connectivity index (χ0v) is 20.9. The van der Waals surface area contributed by atoms with Crippen LogP contribution in [0.3, 0.4) is 0 Å². The number of ether oxygens (including phenoxy) is 2. The van der Waals surface area contributed by atoms with Crippen molar-refractivity contribution < 1.29 is 19.0 Å². The Labute approximate surface area is 168 Å². The maximum Gasteiger partial charge on any atom is 0.192 e. The SMILES string of the molecule is CC(C)O[C@H]1O[C@H](CO[Si](C)(C)C(C)(C)C)C=C[C@@H]1[C@@H](O)C#C[Si](C)(C)C. The van der Waals surface area contributed by atoms with Crippen molar-refractivity contribution in [1.29, 1.82) is 0 Å². The van der Waals surface area contributed by atoms with Gasteiger partial charge < -0.3 is 19.0 Å². The fourth-order valence-corrected chi connectivity index (χ4v) is 3.88. The normalized spacial score (nSPS) is 25.3. The van der Waals surface area contributed by atoms with Gasteiger partial charge in [0.1, 0.15) is 20.3 Å². The van der Waals surface area contributed by atoms with Crippen LogP contribution in [0.25, 0.3) is 0 Å². The van der Waals surface area contributed by atoms with Gasteiger partial charge in [0.25, 0.3) is 0 Å². The molecule has 4 nitrogen and oxygen atoms in total. The molecule has 0 aromatic heterocycles. The van der Waals surface area contributed by atoms with E-state index >= 15 is 0 Å². The van der Waals surface area contributed by atoms with E-state index < -0.39 is 28.8 Å². The quantitative estimate of drug-likeness (QED) is 0.394. The van der Waals surface area contributed by atoms with Crippen molar-refractivity contribution in [1.82, 2.24) is 0 Å². The molecule has 0 aromatic rings. The van der Waals surface area contributed by atoms with E-state index in [2.05, 4.69) is 65.0 Å². The maximum absolute atomic E-state index is 10.6. The molecule has 0 spiro atoms. The predicted octanol–water partition coefficient (Wildman–Crippen LogP) is 4.57. The molecule has 0 radical (unpaired) electrons. The molecule has 0 saturated heterocycles. The molecule has 1 heterocycles. The third kappa shape index (κ3) is 8.22. The Morgan fingerprint density at radius 1 is 1.11 bits per heavy atom. The standard InChI is InChI=1S/C21H40O4Si2/c1-16(2)24-20-18(19(22)13-14-26(6,7)8)12-11-17(25-20)15-23-27(9,10)21(3,4)5/h11-12,16-20,22H,15H2,1-10H3/t17-,18+,19-,20-/m0/s1. The average molecular weight is 413 g/mol. The average Bonchev–Trinajstić information content (AvgIpc) is 2.48. The highest BCUT2D eigenvalue weighted by Gasteiger charge is 2.39. The lowest BCUT2D eigenvalue weighted by molar-refractivity contribution is -0.216. The van der Waals surface area contributed by atoms with Crippen LogP contribution in [-0.2, 0) is 13.9 Å². The molecule has 0 fully saturated rings. The summed E-state index contributed by atoms with van der Waals surface area (Å²) in [6.07, 6.45) is 2.49. The third-order valence-corrected chi connectivity index (χ3v) is 10.3. The summed E-state index contributed by atoms with van der Waals surface area (Å²) >= 11 is 0. The summed E-state index contributed by atoms with van der Waals surface area (Å²) in [5, 5.41) is 10.7. The Morgan fingerprint density at radius 3 is 2.19 bits per heavy atom. The third-order valence-electron chi connectivity index (χ3n) is 4.95. The van der Waals surface area contributed by atoms with Crippen LogP contribution in [0.4, 0.5) is 0 Å². The molecule has 4 atom stereocenters. The van der Waals surface area contributed by atoms with E-state index in [0.29, 0.717) is 6.61 Å². The Hall–Kier alpha value is -0.426. The van der Waals surface area contributed by atoms with E-state index in [1.165, 1.54) is 0 Å². The first-order valence-electron chi connectivity index (χ1n) is 9.96. The van der Waals surface area contributed by atoms with Gasteiger partial charge in [-0.15, -0.1) is 5.54 Å². The summed E-state index contributed by atoms with van der Waals surface area (Å²) in [6, 6.07) is 0. The van der Waals surface area contributed by atoms with Crippen molar-refractivity contribution in [2.24, 2.45) is 5.92 Å². The number of hydrogen-bond donors (Lipinski definition) is 1. The first kappa shape index (κ1) is 24.6. The molecule has 0 unspecified atom stereocenters. The minimum Gasteiger partial charge on any atom is -0.414 e. The second-order valence-electron chi connectivity index (χ2n) is 10.2. The Morgan fingerprint density at radius 2 is 1.70 bits per heavy atom. The Bertz CT molecular complexity index is 561. The molecule has 1 aliphatic rings. The second kappa shape index (κ2) is 9.38. The molecule has 0 aliphatic carbocycles. The number of rotatable bonds is 6. The first-order chi connectivity index (χ1) is 12.1. The fraction of sp³-hybridized carbons (Fsp3) is 0.810. The van der Waals surface area contributed by atoms with Crippen LogP contribution in [-0.4, -0.2) is 52.7 Å². The van der Waals surface area contributed by atoms with Crippen LogP contribution >= 0.6 is 0 Å². The van der Waals surface area contributed by atoms with Crippen LogP contribution in [0, 0.1) is 17.4 Å². The van der Waals surface area contributed by atoms with Crippen LogP contribution in [0.15, 0.2) is 12.2 Å². The van der Waals surface area contributed by atoms with Crippen LogP contribution in [0.1, 0.15) is 34.6 Å². The highest BCUT2D eigenvalue weighted by atomic mass is 28.4. The van der Waals surface area contributed by atoms with Gasteiger partial charge in [-0.3, -0.25) is 0 Å².